The van der Waals surface area contributed by atoms with Gasteiger partial charge in [0, 0.05) is 29.8 Å². The number of likely N-dealkylation sites (tertiary alicyclic amines) is 1. The number of alkyl halides is 1. The molecule has 1 saturated heterocycles. The standard InChI is InChI=1S/C15H20BrN3/c1-2-19-15-8-4-3-7-13(15)14(17-19)11-18-9-5-6-12(18)10-16/h3-4,7-8,12H,2,5-6,9-11H2,1H3. The van der Waals surface area contributed by atoms with Gasteiger partial charge in [0.1, 0.15) is 0 Å². The number of benzene rings is 1. The molecule has 3 rings (SSSR count). The Morgan fingerprint density at radius 1 is 1.37 bits per heavy atom. The number of aromatic nitrogens is 2. The van der Waals surface area contributed by atoms with Gasteiger partial charge in [0.05, 0.1) is 11.2 Å². The zero-order chi connectivity index (χ0) is 13.2. The van der Waals surface area contributed by atoms with Crippen molar-refractivity contribution in [3.8, 4) is 0 Å². The third-order valence-corrected chi connectivity index (χ3v) is 4.81. The van der Waals surface area contributed by atoms with Crippen molar-refractivity contribution < 1.29 is 0 Å². The largest absolute Gasteiger partial charge is 0.294 e. The third-order valence-electron chi connectivity index (χ3n) is 4.06. The summed E-state index contributed by atoms with van der Waals surface area (Å²) in [5, 5.41) is 7.18. The molecular formula is C15H20BrN3. The van der Waals surface area contributed by atoms with Gasteiger partial charge >= 0.3 is 0 Å². The quantitative estimate of drug-likeness (QED) is 0.804. The third kappa shape index (κ3) is 2.43. The average Bonchev–Trinajstić information content (AvgIpc) is 3.04. The molecule has 0 radical (unpaired) electrons. The van der Waals surface area contributed by atoms with E-state index in [1.54, 1.807) is 0 Å². The molecule has 3 nitrogen and oxygen atoms in total. The van der Waals surface area contributed by atoms with Gasteiger partial charge in [-0.1, -0.05) is 34.1 Å². The van der Waals surface area contributed by atoms with E-state index in [2.05, 4.69) is 56.7 Å². The minimum absolute atomic E-state index is 0.672. The Balaban J connectivity index is 1.92. The molecule has 1 unspecified atom stereocenters. The number of rotatable bonds is 4. The molecule has 2 aromatic rings. The monoisotopic (exact) mass is 321 g/mol. The molecule has 1 aromatic heterocycles. The van der Waals surface area contributed by atoms with Crippen LogP contribution in [0.1, 0.15) is 25.5 Å². The molecule has 19 heavy (non-hydrogen) atoms. The molecule has 0 bridgehead atoms. The fraction of sp³-hybridized carbons (Fsp3) is 0.533. The SMILES string of the molecule is CCn1nc(CN2CCCC2CBr)c2ccccc21. The Labute approximate surface area is 122 Å². The van der Waals surface area contributed by atoms with Crippen LogP contribution in [-0.2, 0) is 13.1 Å². The van der Waals surface area contributed by atoms with Crippen molar-refractivity contribution in [2.45, 2.75) is 38.9 Å². The lowest BCUT2D eigenvalue weighted by Gasteiger charge is -2.21. The van der Waals surface area contributed by atoms with Gasteiger partial charge in [-0.3, -0.25) is 9.58 Å². The highest BCUT2D eigenvalue weighted by molar-refractivity contribution is 9.09. The lowest BCUT2D eigenvalue weighted by atomic mass is 10.2. The molecule has 4 heteroatoms. The lowest BCUT2D eigenvalue weighted by Crippen LogP contribution is -2.30. The summed E-state index contributed by atoms with van der Waals surface area (Å²) in [5.74, 6) is 0. The van der Waals surface area contributed by atoms with Crippen LogP contribution in [0.5, 0.6) is 0 Å². The van der Waals surface area contributed by atoms with Crippen LogP contribution in [0.3, 0.4) is 0 Å². The van der Waals surface area contributed by atoms with Gasteiger partial charge < -0.3 is 0 Å². The van der Waals surface area contributed by atoms with Crippen LogP contribution in [0, 0.1) is 0 Å². The van der Waals surface area contributed by atoms with E-state index in [1.807, 2.05) is 0 Å². The van der Waals surface area contributed by atoms with Crippen LogP contribution >= 0.6 is 15.9 Å². The Morgan fingerprint density at radius 2 is 2.21 bits per heavy atom. The molecule has 0 aliphatic carbocycles. The van der Waals surface area contributed by atoms with Crippen LogP contribution in [0.4, 0.5) is 0 Å². The van der Waals surface area contributed by atoms with Crippen molar-refractivity contribution in [3.05, 3.63) is 30.0 Å². The summed E-state index contributed by atoms with van der Waals surface area (Å²) >= 11 is 3.63. The fourth-order valence-corrected chi connectivity index (χ4v) is 3.76. The van der Waals surface area contributed by atoms with E-state index in [9.17, 15) is 0 Å². The van der Waals surface area contributed by atoms with Crippen molar-refractivity contribution in [3.63, 3.8) is 0 Å². The zero-order valence-electron chi connectivity index (χ0n) is 11.3. The molecular weight excluding hydrogens is 302 g/mol. The van der Waals surface area contributed by atoms with E-state index in [0.717, 1.165) is 18.4 Å². The van der Waals surface area contributed by atoms with Crippen LogP contribution in [0.15, 0.2) is 24.3 Å². The number of hydrogen-bond acceptors (Lipinski definition) is 2. The van der Waals surface area contributed by atoms with E-state index in [4.69, 9.17) is 5.10 Å². The highest BCUT2D eigenvalue weighted by Crippen LogP contribution is 2.25. The van der Waals surface area contributed by atoms with Crippen molar-refractivity contribution in [1.29, 1.82) is 0 Å². The summed E-state index contributed by atoms with van der Waals surface area (Å²) in [5.41, 5.74) is 2.49. The number of aryl methyl sites for hydroxylation is 1. The molecule has 2 heterocycles. The first-order valence-electron chi connectivity index (χ1n) is 7.08. The maximum absolute atomic E-state index is 4.80. The summed E-state index contributed by atoms with van der Waals surface area (Å²) in [6, 6.07) is 9.24. The van der Waals surface area contributed by atoms with Crippen molar-refractivity contribution in [2.75, 3.05) is 11.9 Å². The van der Waals surface area contributed by atoms with E-state index in [1.165, 1.54) is 36.0 Å². The minimum atomic E-state index is 0.672. The van der Waals surface area contributed by atoms with Crippen molar-refractivity contribution in [1.82, 2.24) is 14.7 Å². The smallest absolute Gasteiger partial charge is 0.0843 e. The second-order valence-electron chi connectivity index (χ2n) is 5.20. The first kappa shape index (κ1) is 13.1. The molecule has 0 N–H and O–H groups in total. The molecule has 1 aliphatic heterocycles. The average molecular weight is 322 g/mol. The Bertz CT molecular complexity index is 564. The highest BCUT2D eigenvalue weighted by atomic mass is 79.9. The van der Waals surface area contributed by atoms with Gasteiger partial charge in [-0.05, 0) is 32.4 Å². The van der Waals surface area contributed by atoms with E-state index >= 15 is 0 Å². The molecule has 102 valence electrons. The van der Waals surface area contributed by atoms with Gasteiger partial charge in [0.15, 0.2) is 0 Å². The Kier molecular flexibility index (Phi) is 3.89. The zero-order valence-corrected chi connectivity index (χ0v) is 12.9. The van der Waals surface area contributed by atoms with Crippen molar-refractivity contribution >= 4 is 26.8 Å². The van der Waals surface area contributed by atoms with E-state index < -0.39 is 0 Å². The first-order chi connectivity index (χ1) is 9.33. The molecule has 0 spiro atoms. The molecule has 1 aliphatic rings. The predicted molar refractivity (Wildman–Crippen MR) is 82.6 cm³/mol. The number of fused-ring (bicyclic) bond motifs is 1. The lowest BCUT2D eigenvalue weighted by molar-refractivity contribution is 0.261. The first-order valence-corrected chi connectivity index (χ1v) is 8.20. The molecule has 1 fully saturated rings. The normalized spacial score (nSPS) is 20.4. The predicted octanol–water partition coefficient (Wildman–Crippen LogP) is 3.42. The van der Waals surface area contributed by atoms with Gasteiger partial charge in [0.2, 0.25) is 0 Å². The summed E-state index contributed by atoms with van der Waals surface area (Å²) < 4.78 is 2.11. The van der Waals surface area contributed by atoms with Crippen LogP contribution in [0.2, 0.25) is 0 Å². The summed E-state index contributed by atoms with van der Waals surface area (Å²) in [4.78, 5) is 2.56. The van der Waals surface area contributed by atoms with E-state index in [-0.39, 0.29) is 0 Å². The summed E-state index contributed by atoms with van der Waals surface area (Å²) in [6.45, 7) is 5.26. The molecule has 0 amide bonds. The summed E-state index contributed by atoms with van der Waals surface area (Å²) in [6.07, 6.45) is 2.61. The summed E-state index contributed by atoms with van der Waals surface area (Å²) in [7, 11) is 0. The van der Waals surface area contributed by atoms with Crippen LogP contribution in [-0.4, -0.2) is 32.6 Å². The van der Waals surface area contributed by atoms with Gasteiger partial charge in [-0.15, -0.1) is 0 Å². The molecule has 1 aromatic carbocycles. The molecule has 0 saturated carbocycles. The second-order valence-corrected chi connectivity index (χ2v) is 5.85. The maximum atomic E-state index is 4.80. The number of nitrogens with zero attached hydrogens (tertiary/aromatic N) is 3. The minimum Gasteiger partial charge on any atom is -0.294 e. The number of para-hydroxylation sites is 1. The number of halogens is 1. The van der Waals surface area contributed by atoms with E-state index in [0.29, 0.717) is 6.04 Å². The van der Waals surface area contributed by atoms with Crippen LogP contribution < -0.4 is 0 Å². The van der Waals surface area contributed by atoms with Gasteiger partial charge in [-0.25, -0.2) is 0 Å². The maximum Gasteiger partial charge on any atom is 0.0843 e. The van der Waals surface area contributed by atoms with Crippen LogP contribution in [0.25, 0.3) is 10.9 Å². The highest BCUT2D eigenvalue weighted by Gasteiger charge is 2.24. The fourth-order valence-electron chi connectivity index (χ4n) is 3.02. The Hall–Kier alpha value is -0.870. The second kappa shape index (κ2) is 5.63. The topological polar surface area (TPSA) is 21.1 Å². The van der Waals surface area contributed by atoms with Gasteiger partial charge in [-0.2, -0.15) is 5.10 Å². The number of hydrogen-bond donors (Lipinski definition) is 0. The van der Waals surface area contributed by atoms with Gasteiger partial charge in [0.25, 0.3) is 0 Å². The van der Waals surface area contributed by atoms with Crippen molar-refractivity contribution in [2.24, 2.45) is 0 Å². The Morgan fingerprint density at radius 3 is 3.00 bits per heavy atom. The molecule has 1 atom stereocenters.